The SMILES string of the molecule is CCN(CC(C)C(=O)O)C(=O)C1CSC(=O)N1. The second-order valence-electron chi connectivity index (χ2n) is 3.91. The molecule has 2 amide bonds. The van der Waals surface area contributed by atoms with E-state index in [0.29, 0.717) is 12.3 Å². The van der Waals surface area contributed by atoms with Crippen LogP contribution in [0.25, 0.3) is 0 Å². The van der Waals surface area contributed by atoms with E-state index < -0.39 is 17.9 Å². The summed E-state index contributed by atoms with van der Waals surface area (Å²) in [7, 11) is 0. The standard InChI is InChI=1S/C10H16N2O4S/c1-3-12(4-6(2)9(14)15)8(13)7-5-17-10(16)11-7/h6-7H,3-5H2,1-2H3,(H,11,16)(H,14,15). The van der Waals surface area contributed by atoms with E-state index >= 15 is 0 Å². The highest BCUT2D eigenvalue weighted by atomic mass is 32.2. The number of hydrogen-bond donors (Lipinski definition) is 2. The quantitative estimate of drug-likeness (QED) is 0.746. The summed E-state index contributed by atoms with van der Waals surface area (Å²) in [6, 6.07) is -0.520. The first-order chi connectivity index (χ1) is 7.95. The molecule has 1 aliphatic heterocycles. The van der Waals surface area contributed by atoms with Crippen molar-refractivity contribution in [3.8, 4) is 0 Å². The van der Waals surface area contributed by atoms with Gasteiger partial charge < -0.3 is 15.3 Å². The second kappa shape index (κ2) is 5.90. The van der Waals surface area contributed by atoms with Gasteiger partial charge in [0.05, 0.1) is 5.92 Å². The molecule has 1 saturated heterocycles. The molecule has 0 aromatic heterocycles. The Morgan fingerprint density at radius 3 is 2.71 bits per heavy atom. The summed E-state index contributed by atoms with van der Waals surface area (Å²) in [6.07, 6.45) is 0. The van der Waals surface area contributed by atoms with Crippen LogP contribution in [0.5, 0.6) is 0 Å². The zero-order valence-electron chi connectivity index (χ0n) is 9.80. The maximum absolute atomic E-state index is 12.0. The Labute approximate surface area is 104 Å². The average Bonchev–Trinajstić information content (AvgIpc) is 2.71. The van der Waals surface area contributed by atoms with Crippen molar-refractivity contribution in [1.82, 2.24) is 10.2 Å². The minimum atomic E-state index is -0.930. The van der Waals surface area contributed by atoms with Gasteiger partial charge in [0.15, 0.2) is 0 Å². The molecule has 7 heteroatoms. The van der Waals surface area contributed by atoms with Crippen LogP contribution in [-0.4, -0.2) is 52.0 Å². The Balaban J connectivity index is 2.58. The summed E-state index contributed by atoms with van der Waals surface area (Å²) in [6.45, 7) is 3.95. The lowest BCUT2D eigenvalue weighted by Gasteiger charge is -2.25. The Hall–Kier alpha value is -1.24. The molecule has 1 rings (SSSR count). The van der Waals surface area contributed by atoms with Crippen LogP contribution in [-0.2, 0) is 9.59 Å². The molecule has 0 bridgehead atoms. The van der Waals surface area contributed by atoms with Gasteiger partial charge in [-0.3, -0.25) is 14.4 Å². The molecular formula is C10H16N2O4S. The van der Waals surface area contributed by atoms with E-state index in [1.807, 2.05) is 0 Å². The van der Waals surface area contributed by atoms with E-state index in [1.165, 1.54) is 4.90 Å². The molecule has 2 unspecified atom stereocenters. The van der Waals surface area contributed by atoms with Crippen molar-refractivity contribution in [2.75, 3.05) is 18.8 Å². The van der Waals surface area contributed by atoms with Crippen molar-refractivity contribution in [1.29, 1.82) is 0 Å². The fourth-order valence-electron chi connectivity index (χ4n) is 1.52. The zero-order valence-corrected chi connectivity index (χ0v) is 10.6. The fraction of sp³-hybridized carbons (Fsp3) is 0.700. The lowest BCUT2D eigenvalue weighted by molar-refractivity contribution is -0.143. The molecule has 0 radical (unpaired) electrons. The number of carbonyl (C=O) groups excluding carboxylic acids is 2. The third-order valence-electron chi connectivity index (χ3n) is 2.58. The summed E-state index contributed by atoms with van der Waals surface area (Å²) in [4.78, 5) is 35.2. The molecule has 1 heterocycles. The van der Waals surface area contributed by atoms with Crippen LogP contribution in [0, 0.1) is 5.92 Å². The first-order valence-electron chi connectivity index (χ1n) is 5.40. The van der Waals surface area contributed by atoms with Gasteiger partial charge in [0, 0.05) is 18.8 Å². The number of amides is 2. The van der Waals surface area contributed by atoms with Gasteiger partial charge >= 0.3 is 5.97 Å². The zero-order chi connectivity index (χ0) is 13.0. The van der Waals surface area contributed by atoms with Crippen LogP contribution >= 0.6 is 11.8 Å². The smallest absolute Gasteiger partial charge is 0.308 e. The summed E-state index contributed by atoms with van der Waals surface area (Å²) >= 11 is 1.07. The largest absolute Gasteiger partial charge is 0.481 e. The molecule has 0 saturated carbocycles. The molecule has 0 spiro atoms. The highest BCUT2D eigenvalue weighted by molar-refractivity contribution is 8.14. The Bertz CT molecular complexity index is 334. The number of carbonyl (C=O) groups is 3. The predicted molar refractivity (Wildman–Crippen MR) is 63.8 cm³/mol. The fourth-order valence-corrected chi connectivity index (χ4v) is 2.29. The summed E-state index contributed by atoms with van der Waals surface area (Å²) in [5.41, 5.74) is 0. The first-order valence-corrected chi connectivity index (χ1v) is 6.39. The molecule has 0 aliphatic carbocycles. The van der Waals surface area contributed by atoms with Crippen LogP contribution in [0.1, 0.15) is 13.8 Å². The van der Waals surface area contributed by atoms with Crippen molar-refractivity contribution >= 4 is 28.9 Å². The van der Waals surface area contributed by atoms with Crippen molar-refractivity contribution in [3.63, 3.8) is 0 Å². The molecule has 0 aromatic carbocycles. The second-order valence-corrected chi connectivity index (χ2v) is 4.90. The summed E-state index contributed by atoms with van der Waals surface area (Å²) in [5, 5.41) is 11.2. The third kappa shape index (κ3) is 3.62. The van der Waals surface area contributed by atoms with Crippen molar-refractivity contribution < 1.29 is 19.5 Å². The normalized spacial score (nSPS) is 20.8. The van der Waals surface area contributed by atoms with Crippen molar-refractivity contribution in [2.24, 2.45) is 5.92 Å². The predicted octanol–water partition coefficient (Wildman–Crippen LogP) is 0.381. The van der Waals surface area contributed by atoms with Gasteiger partial charge in [-0.1, -0.05) is 18.7 Å². The van der Waals surface area contributed by atoms with Crippen LogP contribution < -0.4 is 5.32 Å². The number of likely N-dealkylation sites (N-methyl/N-ethyl adjacent to an activating group) is 1. The van der Waals surface area contributed by atoms with E-state index in [9.17, 15) is 14.4 Å². The number of nitrogens with one attached hydrogen (secondary N) is 1. The van der Waals surface area contributed by atoms with Gasteiger partial charge in [-0.25, -0.2) is 0 Å². The molecule has 6 nitrogen and oxygen atoms in total. The third-order valence-corrected chi connectivity index (χ3v) is 3.46. The minimum Gasteiger partial charge on any atom is -0.481 e. The van der Waals surface area contributed by atoms with Crippen LogP contribution in [0.15, 0.2) is 0 Å². The van der Waals surface area contributed by atoms with Crippen molar-refractivity contribution in [3.05, 3.63) is 0 Å². The van der Waals surface area contributed by atoms with Crippen LogP contribution in [0.3, 0.4) is 0 Å². The topological polar surface area (TPSA) is 86.7 Å². The van der Waals surface area contributed by atoms with Gasteiger partial charge in [0.1, 0.15) is 6.04 Å². The van der Waals surface area contributed by atoms with Gasteiger partial charge in [-0.2, -0.15) is 0 Å². The highest BCUT2D eigenvalue weighted by Gasteiger charge is 2.31. The molecule has 1 fully saturated rings. The molecule has 0 aromatic rings. The Kier molecular flexibility index (Phi) is 4.80. The highest BCUT2D eigenvalue weighted by Crippen LogP contribution is 2.15. The Morgan fingerprint density at radius 2 is 2.29 bits per heavy atom. The Morgan fingerprint density at radius 1 is 1.65 bits per heavy atom. The molecular weight excluding hydrogens is 244 g/mol. The maximum atomic E-state index is 12.0. The molecule has 17 heavy (non-hydrogen) atoms. The lowest BCUT2D eigenvalue weighted by atomic mass is 10.1. The van der Waals surface area contributed by atoms with Gasteiger partial charge in [0.25, 0.3) is 5.24 Å². The number of carboxylic acids is 1. The first kappa shape index (κ1) is 13.8. The van der Waals surface area contributed by atoms with Crippen LogP contribution in [0.2, 0.25) is 0 Å². The van der Waals surface area contributed by atoms with E-state index in [0.717, 1.165) is 11.8 Å². The monoisotopic (exact) mass is 260 g/mol. The van der Waals surface area contributed by atoms with E-state index in [4.69, 9.17) is 5.11 Å². The number of nitrogens with zero attached hydrogens (tertiary/aromatic N) is 1. The van der Waals surface area contributed by atoms with Crippen LogP contribution in [0.4, 0.5) is 4.79 Å². The van der Waals surface area contributed by atoms with E-state index in [2.05, 4.69) is 5.32 Å². The molecule has 2 atom stereocenters. The van der Waals surface area contributed by atoms with Gasteiger partial charge in [-0.05, 0) is 6.92 Å². The number of thioether (sulfide) groups is 1. The molecule has 96 valence electrons. The number of aliphatic carboxylic acids is 1. The number of carboxylic acid groups (broad SMARTS) is 1. The summed E-state index contributed by atoms with van der Waals surface area (Å²) < 4.78 is 0. The minimum absolute atomic E-state index is 0.168. The van der Waals surface area contributed by atoms with Crippen molar-refractivity contribution in [2.45, 2.75) is 19.9 Å². The average molecular weight is 260 g/mol. The number of hydrogen-bond acceptors (Lipinski definition) is 4. The van der Waals surface area contributed by atoms with Gasteiger partial charge in [0.2, 0.25) is 5.91 Å². The molecule has 2 N–H and O–H groups in total. The molecule has 1 aliphatic rings. The lowest BCUT2D eigenvalue weighted by Crippen LogP contribution is -2.47. The summed E-state index contributed by atoms with van der Waals surface area (Å²) in [5.74, 6) is -1.33. The maximum Gasteiger partial charge on any atom is 0.308 e. The number of rotatable bonds is 5. The van der Waals surface area contributed by atoms with E-state index in [1.54, 1.807) is 13.8 Å². The van der Waals surface area contributed by atoms with E-state index in [-0.39, 0.29) is 17.7 Å². The van der Waals surface area contributed by atoms with Gasteiger partial charge in [-0.15, -0.1) is 0 Å².